The van der Waals surface area contributed by atoms with Crippen molar-refractivity contribution in [1.82, 2.24) is 9.97 Å². The van der Waals surface area contributed by atoms with Crippen LogP contribution < -0.4 is 0 Å². The molecule has 0 amide bonds. The lowest BCUT2D eigenvalue weighted by Crippen LogP contribution is -2.15. The summed E-state index contributed by atoms with van der Waals surface area (Å²) in [5.74, 6) is 0. The van der Waals surface area contributed by atoms with Crippen LogP contribution >= 0.6 is 0 Å². The predicted octanol–water partition coefficient (Wildman–Crippen LogP) is 4.81. The third-order valence-electron chi connectivity index (χ3n) is 3.81. The van der Waals surface area contributed by atoms with E-state index in [-0.39, 0.29) is 0 Å². The van der Waals surface area contributed by atoms with Crippen LogP contribution in [-0.2, 0) is 0 Å². The van der Waals surface area contributed by atoms with Gasteiger partial charge in [-0.25, -0.2) is 0 Å². The Labute approximate surface area is 143 Å². The van der Waals surface area contributed by atoms with Gasteiger partial charge in [0.25, 0.3) is 0 Å². The van der Waals surface area contributed by atoms with Gasteiger partial charge in [-0.2, -0.15) is 0 Å². The minimum atomic E-state index is 0.418. The van der Waals surface area contributed by atoms with Gasteiger partial charge in [-0.1, -0.05) is 38.8 Å². The minimum absolute atomic E-state index is 0.418. The Hall–Kier alpha value is -2.62. The molecule has 2 rings (SSSR count). The molecule has 0 fully saturated rings. The maximum absolute atomic E-state index is 8.62. The second kappa shape index (κ2) is 8.87. The van der Waals surface area contributed by atoms with E-state index in [4.69, 9.17) is 10.8 Å². The number of aromatic nitrogens is 2. The third kappa shape index (κ3) is 4.22. The first-order valence-corrected chi connectivity index (χ1v) is 8.41. The fourth-order valence-electron chi connectivity index (χ4n) is 2.68. The summed E-state index contributed by atoms with van der Waals surface area (Å²) in [6.45, 7) is 4.19. The highest BCUT2D eigenvalue weighted by molar-refractivity contribution is 6.18. The highest BCUT2D eigenvalue weighted by atomic mass is 14.7. The summed E-state index contributed by atoms with van der Waals surface area (Å²) in [5, 5.41) is 17.2. The molecule has 0 spiro atoms. The molecule has 4 nitrogen and oxygen atoms in total. The van der Waals surface area contributed by atoms with Gasteiger partial charge in [0, 0.05) is 12.4 Å². The van der Waals surface area contributed by atoms with Crippen LogP contribution in [0.4, 0.5) is 0 Å². The van der Waals surface area contributed by atoms with Crippen LogP contribution in [0.2, 0.25) is 0 Å². The first-order chi connectivity index (χ1) is 11.7. The summed E-state index contributed by atoms with van der Waals surface area (Å²) in [6, 6.07) is 11.2. The first kappa shape index (κ1) is 17.7. The van der Waals surface area contributed by atoms with E-state index in [0.29, 0.717) is 22.8 Å². The summed E-state index contributed by atoms with van der Waals surface area (Å²) in [6.07, 6.45) is 6.79. The van der Waals surface area contributed by atoms with Gasteiger partial charge in [-0.15, -0.1) is 0 Å². The normalized spacial score (nSPS) is 11.8. The number of pyridine rings is 2. The maximum Gasteiger partial charge on any atom is 0.0881 e. The van der Waals surface area contributed by atoms with Gasteiger partial charge in [0.2, 0.25) is 0 Å². The van der Waals surface area contributed by atoms with Gasteiger partial charge in [-0.05, 0) is 48.3 Å². The monoisotopic (exact) mass is 320 g/mol. The standard InChI is InChI=1S/C20H24N4/c1-3-9-15(19(21)17-11-5-7-13-23-17)16(10-4-2)20(22)18-12-6-8-14-24-18/h5-8,11-14,21-22H,3-4,9-10H2,1-2H3/b16-15-,21-19?,22-20?. The van der Waals surface area contributed by atoms with Gasteiger partial charge in [0.05, 0.1) is 22.8 Å². The van der Waals surface area contributed by atoms with Gasteiger partial charge in [0.1, 0.15) is 0 Å². The van der Waals surface area contributed by atoms with Crippen molar-refractivity contribution in [3.05, 3.63) is 71.3 Å². The van der Waals surface area contributed by atoms with E-state index in [9.17, 15) is 0 Å². The van der Waals surface area contributed by atoms with Gasteiger partial charge >= 0.3 is 0 Å². The number of nitrogens with zero attached hydrogens (tertiary/aromatic N) is 2. The lowest BCUT2D eigenvalue weighted by atomic mass is 9.90. The van der Waals surface area contributed by atoms with Gasteiger partial charge in [-0.3, -0.25) is 20.8 Å². The van der Waals surface area contributed by atoms with Crippen molar-refractivity contribution < 1.29 is 0 Å². The predicted molar refractivity (Wildman–Crippen MR) is 99.0 cm³/mol. The second-order valence-corrected chi connectivity index (χ2v) is 5.64. The van der Waals surface area contributed by atoms with Crippen LogP contribution in [0, 0.1) is 10.8 Å². The van der Waals surface area contributed by atoms with Crippen molar-refractivity contribution in [2.24, 2.45) is 0 Å². The molecule has 0 saturated carbocycles. The maximum atomic E-state index is 8.62. The zero-order chi connectivity index (χ0) is 17.4. The lowest BCUT2D eigenvalue weighted by molar-refractivity contribution is 0.881. The van der Waals surface area contributed by atoms with E-state index in [1.54, 1.807) is 12.4 Å². The average Bonchev–Trinajstić information content (AvgIpc) is 2.65. The summed E-state index contributed by atoms with van der Waals surface area (Å²) in [5.41, 5.74) is 3.97. The Kier molecular flexibility index (Phi) is 6.55. The van der Waals surface area contributed by atoms with E-state index < -0.39 is 0 Å². The molecule has 0 aliphatic carbocycles. The summed E-state index contributed by atoms with van der Waals surface area (Å²) >= 11 is 0. The number of allylic oxidation sites excluding steroid dienone is 2. The molecule has 0 saturated heterocycles. The van der Waals surface area contributed by atoms with Crippen LogP contribution in [0.25, 0.3) is 0 Å². The van der Waals surface area contributed by atoms with E-state index >= 15 is 0 Å². The Bertz CT molecular complexity index is 654. The molecule has 4 heteroatoms. The fourth-order valence-corrected chi connectivity index (χ4v) is 2.68. The third-order valence-corrected chi connectivity index (χ3v) is 3.81. The fraction of sp³-hybridized carbons (Fsp3) is 0.300. The van der Waals surface area contributed by atoms with E-state index in [2.05, 4.69) is 23.8 Å². The molecule has 2 heterocycles. The van der Waals surface area contributed by atoms with Gasteiger partial charge < -0.3 is 0 Å². The van der Waals surface area contributed by atoms with Crippen LogP contribution in [0.5, 0.6) is 0 Å². The Morgan fingerprint density at radius 3 is 1.46 bits per heavy atom. The minimum Gasteiger partial charge on any atom is -0.298 e. The number of nitrogens with one attached hydrogen (secondary N) is 2. The molecule has 2 N–H and O–H groups in total. The molecule has 0 aliphatic rings. The smallest absolute Gasteiger partial charge is 0.0881 e. The second-order valence-electron chi connectivity index (χ2n) is 5.64. The first-order valence-electron chi connectivity index (χ1n) is 8.41. The van der Waals surface area contributed by atoms with Crippen LogP contribution in [0.3, 0.4) is 0 Å². The van der Waals surface area contributed by atoms with E-state index in [1.165, 1.54) is 0 Å². The Morgan fingerprint density at radius 2 is 1.17 bits per heavy atom. The molecule has 2 aromatic rings. The SMILES string of the molecule is CCC/C(C(=N)c1ccccn1)=C(\CCC)C(=N)c1ccccn1. The largest absolute Gasteiger partial charge is 0.298 e. The Balaban J connectivity index is 2.50. The van der Waals surface area contributed by atoms with Crippen molar-refractivity contribution in [3.63, 3.8) is 0 Å². The summed E-state index contributed by atoms with van der Waals surface area (Å²) in [4.78, 5) is 8.62. The summed E-state index contributed by atoms with van der Waals surface area (Å²) < 4.78 is 0. The molecule has 0 unspecified atom stereocenters. The average molecular weight is 320 g/mol. The number of rotatable bonds is 8. The zero-order valence-electron chi connectivity index (χ0n) is 14.3. The highest BCUT2D eigenvalue weighted by Gasteiger charge is 2.18. The van der Waals surface area contributed by atoms with E-state index in [0.717, 1.165) is 36.8 Å². The molecular weight excluding hydrogens is 296 g/mol. The van der Waals surface area contributed by atoms with Crippen molar-refractivity contribution >= 4 is 11.4 Å². The van der Waals surface area contributed by atoms with Crippen molar-refractivity contribution in [2.75, 3.05) is 0 Å². The molecule has 124 valence electrons. The molecule has 24 heavy (non-hydrogen) atoms. The molecule has 0 aromatic carbocycles. The van der Waals surface area contributed by atoms with Crippen LogP contribution in [0.1, 0.15) is 50.9 Å². The molecule has 0 radical (unpaired) electrons. The molecule has 0 atom stereocenters. The van der Waals surface area contributed by atoms with E-state index in [1.807, 2.05) is 36.4 Å². The highest BCUT2D eigenvalue weighted by Crippen LogP contribution is 2.23. The van der Waals surface area contributed by atoms with Crippen LogP contribution in [0.15, 0.2) is 59.9 Å². The van der Waals surface area contributed by atoms with Crippen molar-refractivity contribution in [3.8, 4) is 0 Å². The quantitative estimate of drug-likeness (QED) is 0.685. The topological polar surface area (TPSA) is 73.5 Å². The number of hydrogen-bond acceptors (Lipinski definition) is 4. The zero-order valence-corrected chi connectivity index (χ0v) is 14.3. The molecular formula is C20H24N4. The van der Waals surface area contributed by atoms with Crippen LogP contribution in [-0.4, -0.2) is 21.4 Å². The molecule has 0 aliphatic heterocycles. The van der Waals surface area contributed by atoms with Crippen molar-refractivity contribution in [2.45, 2.75) is 39.5 Å². The summed E-state index contributed by atoms with van der Waals surface area (Å²) in [7, 11) is 0. The molecule has 2 aromatic heterocycles. The Morgan fingerprint density at radius 1 is 0.750 bits per heavy atom. The molecule has 0 bridgehead atoms. The lowest BCUT2D eigenvalue weighted by Gasteiger charge is -2.16. The van der Waals surface area contributed by atoms with Crippen molar-refractivity contribution in [1.29, 1.82) is 10.8 Å². The van der Waals surface area contributed by atoms with Gasteiger partial charge in [0.15, 0.2) is 0 Å². The number of hydrogen-bond donors (Lipinski definition) is 2.